The van der Waals surface area contributed by atoms with E-state index in [9.17, 15) is 13.2 Å². The lowest BCUT2D eigenvalue weighted by molar-refractivity contribution is 0.102. The maximum Gasteiger partial charge on any atom is 0.275 e. The summed E-state index contributed by atoms with van der Waals surface area (Å²) in [5.74, 6) is -0.0483. The number of carbonyl (C=O) groups is 1. The molecule has 1 fully saturated rings. The van der Waals surface area contributed by atoms with Gasteiger partial charge in [0.25, 0.3) is 5.91 Å². The van der Waals surface area contributed by atoms with Crippen molar-refractivity contribution in [1.82, 2.24) is 13.7 Å². The lowest BCUT2D eigenvalue weighted by Crippen LogP contribution is -2.39. The fourth-order valence-corrected chi connectivity index (χ4v) is 6.00. The summed E-state index contributed by atoms with van der Waals surface area (Å²) in [5.41, 5.74) is 0.731. The molecule has 1 N–H and O–H groups in total. The number of sulfonamides is 1. The third-order valence-corrected chi connectivity index (χ3v) is 7.70. The minimum atomic E-state index is -3.52. The molecule has 3 aromatic rings. The van der Waals surface area contributed by atoms with Gasteiger partial charge in [0.05, 0.1) is 4.90 Å². The first-order chi connectivity index (χ1) is 13.4. The molecule has 28 heavy (non-hydrogen) atoms. The first-order valence-corrected chi connectivity index (χ1v) is 11.6. The molecule has 1 aliphatic rings. The number of amides is 1. The highest BCUT2D eigenvalue weighted by atomic mass is 35.5. The number of anilines is 1. The number of nitrogens with zero attached hydrogens (tertiary/aromatic N) is 3. The Labute approximate surface area is 172 Å². The molecule has 4 rings (SSSR count). The maximum absolute atomic E-state index is 12.8. The highest BCUT2D eigenvalue weighted by Gasteiger charge is 2.28. The van der Waals surface area contributed by atoms with E-state index in [0.717, 1.165) is 12.8 Å². The van der Waals surface area contributed by atoms with E-state index in [0.29, 0.717) is 29.7 Å². The Morgan fingerprint density at radius 3 is 2.79 bits per heavy atom. The fourth-order valence-electron chi connectivity index (χ4n) is 3.38. The first kappa shape index (κ1) is 19.4. The summed E-state index contributed by atoms with van der Waals surface area (Å²) in [6, 6.07) is 6.20. The number of fused-ring (bicyclic) bond motifs is 1. The third-order valence-electron chi connectivity index (χ3n) is 4.80. The number of carbonyl (C=O) groups excluding carboxylic acids is 1. The normalized spacial score (nSPS) is 18.4. The van der Waals surface area contributed by atoms with E-state index in [1.807, 2.05) is 5.38 Å². The van der Waals surface area contributed by atoms with Crippen LogP contribution >= 0.6 is 22.9 Å². The molecule has 1 aliphatic heterocycles. The number of halogens is 1. The molecule has 0 radical (unpaired) electrons. The van der Waals surface area contributed by atoms with Gasteiger partial charge in [-0.25, -0.2) is 13.4 Å². The first-order valence-electron chi connectivity index (χ1n) is 8.89. The molecular formula is C18H19ClN4O3S2. The molecule has 1 aromatic carbocycles. The summed E-state index contributed by atoms with van der Waals surface area (Å²) in [7, 11) is -3.52. The minimum absolute atomic E-state index is 0.128. The molecule has 2 aromatic heterocycles. The van der Waals surface area contributed by atoms with Crippen molar-refractivity contribution in [3.8, 4) is 0 Å². The number of benzene rings is 1. The zero-order valence-electron chi connectivity index (χ0n) is 15.1. The van der Waals surface area contributed by atoms with Crippen LogP contribution in [0.25, 0.3) is 4.96 Å². The average molecular weight is 439 g/mol. The van der Waals surface area contributed by atoms with E-state index in [1.165, 1.54) is 27.8 Å². The van der Waals surface area contributed by atoms with Gasteiger partial charge in [0, 0.05) is 30.4 Å². The zero-order chi connectivity index (χ0) is 19.9. The van der Waals surface area contributed by atoms with E-state index in [4.69, 9.17) is 11.6 Å². The van der Waals surface area contributed by atoms with E-state index >= 15 is 0 Å². The molecule has 3 heterocycles. The van der Waals surface area contributed by atoms with Gasteiger partial charge in [0.1, 0.15) is 0 Å². The molecule has 0 saturated carbocycles. The van der Waals surface area contributed by atoms with Gasteiger partial charge in [-0.2, -0.15) is 4.31 Å². The van der Waals surface area contributed by atoms with Gasteiger partial charge in [0.2, 0.25) is 10.0 Å². The van der Waals surface area contributed by atoms with Crippen LogP contribution in [0.4, 0.5) is 5.69 Å². The molecule has 1 unspecified atom stereocenters. The van der Waals surface area contributed by atoms with Crippen molar-refractivity contribution in [2.75, 3.05) is 18.4 Å². The smallest absolute Gasteiger partial charge is 0.275 e. The van der Waals surface area contributed by atoms with Crippen molar-refractivity contribution in [3.05, 3.63) is 46.7 Å². The molecule has 1 amide bonds. The predicted octanol–water partition coefficient (Wildman–Crippen LogP) is 3.72. The number of thiazole rings is 1. The Hall–Kier alpha value is -1.94. The molecule has 0 bridgehead atoms. The van der Waals surface area contributed by atoms with Gasteiger partial charge in [-0.05, 0) is 43.0 Å². The summed E-state index contributed by atoms with van der Waals surface area (Å²) in [6.07, 6.45) is 3.65. The highest BCUT2D eigenvalue weighted by molar-refractivity contribution is 7.89. The second-order valence-corrected chi connectivity index (χ2v) is 10.1. The van der Waals surface area contributed by atoms with Gasteiger partial charge in [-0.1, -0.05) is 18.5 Å². The van der Waals surface area contributed by atoms with Gasteiger partial charge < -0.3 is 5.32 Å². The number of hydrogen-bond acceptors (Lipinski definition) is 5. The monoisotopic (exact) mass is 438 g/mol. The second-order valence-electron chi connectivity index (χ2n) is 6.90. The van der Waals surface area contributed by atoms with Crippen molar-refractivity contribution in [2.45, 2.75) is 24.7 Å². The quantitative estimate of drug-likeness (QED) is 0.672. The molecule has 7 nitrogen and oxygen atoms in total. The Balaban J connectivity index is 1.52. The molecule has 0 aliphatic carbocycles. The SMILES string of the molecule is CC1CCCN(S(=O)(=O)c2ccc(NC(=O)c3c(Cl)nc4sccn34)cc2)C1. The van der Waals surface area contributed by atoms with Crippen LogP contribution in [0, 0.1) is 5.92 Å². The number of imidazole rings is 1. The van der Waals surface area contributed by atoms with Gasteiger partial charge in [0.15, 0.2) is 15.8 Å². The van der Waals surface area contributed by atoms with Crippen LogP contribution in [0.2, 0.25) is 5.15 Å². The van der Waals surface area contributed by atoms with Gasteiger partial charge in [-0.15, -0.1) is 11.3 Å². The number of aromatic nitrogens is 2. The molecule has 0 spiro atoms. The summed E-state index contributed by atoms with van der Waals surface area (Å²) in [5, 5.41) is 4.69. The standard InChI is InChI=1S/C18H19ClN4O3S2/c1-12-3-2-8-22(11-12)28(25,26)14-6-4-13(5-7-14)20-17(24)15-16(19)21-18-23(15)9-10-27-18/h4-7,9-10,12H,2-3,8,11H2,1H3,(H,20,24). The largest absolute Gasteiger partial charge is 0.321 e. The maximum atomic E-state index is 12.8. The topological polar surface area (TPSA) is 83.8 Å². The predicted molar refractivity (Wildman–Crippen MR) is 110 cm³/mol. The Bertz CT molecular complexity index is 1120. The van der Waals surface area contributed by atoms with Crippen LogP contribution < -0.4 is 5.32 Å². The van der Waals surface area contributed by atoms with E-state index in [-0.39, 0.29) is 15.7 Å². The highest BCUT2D eigenvalue weighted by Crippen LogP contribution is 2.25. The van der Waals surface area contributed by atoms with E-state index < -0.39 is 15.9 Å². The van der Waals surface area contributed by atoms with Crippen LogP contribution in [0.5, 0.6) is 0 Å². The Kier molecular flexibility index (Phi) is 5.17. The minimum Gasteiger partial charge on any atom is -0.321 e. The van der Waals surface area contributed by atoms with Crippen molar-refractivity contribution in [1.29, 1.82) is 0 Å². The molecule has 1 atom stereocenters. The van der Waals surface area contributed by atoms with Crippen LogP contribution in [-0.4, -0.2) is 41.1 Å². The van der Waals surface area contributed by atoms with E-state index in [2.05, 4.69) is 17.2 Å². The van der Waals surface area contributed by atoms with Crippen molar-refractivity contribution >= 4 is 49.5 Å². The molecule has 148 valence electrons. The lowest BCUT2D eigenvalue weighted by atomic mass is 10.0. The fraction of sp³-hybridized carbons (Fsp3) is 0.333. The van der Waals surface area contributed by atoms with Crippen molar-refractivity contribution in [2.24, 2.45) is 5.92 Å². The summed E-state index contributed by atoms with van der Waals surface area (Å²) < 4.78 is 28.8. The van der Waals surface area contributed by atoms with Crippen molar-refractivity contribution in [3.63, 3.8) is 0 Å². The van der Waals surface area contributed by atoms with E-state index in [1.54, 1.807) is 22.7 Å². The summed E-state index contributed by atoms with van der Waals surface area (Å²) in [6.45, 7) is 3.14. The summed E-state index contributed by atoms with van der Waals surface area (Å²) >= 11 is 7.46. The third kappa shape index (κ3) is 3.55. The lowest BCUT2D eigenvalue weighted by Gasteiger charge is -2.30. The molecular weight excluding hydrogens is 420 g/mol. The van der Waals surface area contributed by atoms with Crippen molar-refractivity contribution < 1.29 is 13.2 Å². The van der Waals surface area contributed by atoms with Crippen LogP contribution in [-0.2, 0) is 10.0 Å². The second kappa shape index (κ2) is 7.47. The molecule has 1 saturated heterocycles. The number of piperidine rings is 1. The number of nitrogens with one attached hydrogen (secondary N) is 1. The van der Waals surface area contributed by atoms with Gasteiger partial charge >= 0.3 is 0 Å². The summed E-state index contributed by atoms with van der Waals surface area (Å²) in [4.78, 5) is 17.6. The van der Waals surface area contributed by atoms with Crippen LogP contribution in [0.1, 0.15) is 30.3 Å². The van der Waals surface area contributed by atoms with Crippen LogP contribution in [0.3, 0.4) is 0 Å². The Morgan fingerprint density at radius 1 is 1.32 bits per heavy atom. The number of hydrogen-bond donors (Lipinski definition) is 1. The van der Waals surface area contributed by atoms with Gasteiger partial charge in [-0.3, -0.25) is 9.20 Å². The Morgan fingerprint density at radius 2 is 2.07 bits per heavy atom. The zero-order valence-corrected chi connectivity index (χ0v) is 17.5. The average Bonchev–Trinajstić information content (AvgIpc) is 3.22. The number of rotatable bonds is 4. The van der Waals surface area contributed by atoms with Crippen LogP contribution in [0.15, 0.2) is 40.7 Å². The molecule has 10 heteroatoms.